The third kappa shape index (κ3) is 3.47. The van der Waals surface area contributed by atoms with E-state index in [4.69, 9.17) is 4.74 Å². The molecule has 0 bridgehead atoms. The van der Waals surface area contributed by atoms with Crippen LogP contribution in [-0.4, -0.2) is 49.8 Å². The highest BCUT2D eigenvalue weighted by molar-refractivity contribution is 5.42. The fourth-order valence-corrected chi connectivity index (χ4v) is 2.81. The summed E-state index contributed by atoms with van der Waals surface area (Å²) in [7, 11) is 1.67. The fraction of sp³-hybridized carbons (Fsp3) is 0.600. The second-order valence-electron chi connectivity index (χ2n) is 5.24. The van der Waals surface area contributed by atoms with Crippen LogP contribution in [0.1, 0.15) is 22.8 Å². The second kappa shape index (κ2) is 6.37. The van der Waals surface area contributed by atoms with Gasteiger partial charge >= 0.3 is 0 Å². The number of piperazine rings is 1. The molecule has 1 aliphatic rings. The van der Waals surface area contributed by atoms with Crippen LogP contribution in [0.25, 0.3) is 0 Å². The van der Waals surface area contributed by atoms with E-state index in [1.165, 1.54) is 0 Å². The van der Waals surface area contributed by atoms with E-state index in [-0.39, 0.29) is 0 Å². The number of ether oxygens (including phenoxy) is 1. The van der Waals surface area contributed by atoms with Gasteiger partial charge in [-0.1, -0.05) is 0 Å². The van der Waals surface area contributed by atoms with E-state index in [1.54, 1.807) is 7.11 Å². The highest BCUT2D eigenvalue weighted by Crippen LogP contribution is 2.27. The van der Waals surface area contributed by atoms with Crippen molar-refractivity contribution in [1.82, 2.24) is 10.2 Å². The monoisotopic (exact) mass is 264 g/mol. The van der Waals surface area contributed by atoms with E-state index < -0.39 is 6.10 Å². The van der Waals surface area contributed by atoms with Gasteiger partial charge < -0.3 is 15.2 Å². The number of methoxy groups -OCH3 is 1. The maximum absolute atomic E-state index is 10.5. The quantitative estimate of drug-likeness (QED) is 0.859. The predicted molar refractivity (Wildman–Crippen MR) is 76.7 cm³/mol. The van der Waals surface area contributed by atoms with Gasteiger partial charge in [-0.25, -0.2) is 0 Å². The first-order chi connectivity index (χ1) is 9.11. The number of aryl methyl sites for hydroxylation is 2. The molecule has 1 unspecified atom stereocenters. The Morgan fingerprint density at radius 1 is 1.26 bits per heavy atom. The average Bonchev–Trinajstić information content (AvgIpc) is 2.38. The van der Waals surface area contributed by atoms with Crippen LogP contribution in [0.15, 0.2) is 12.1 Å². The molecule has 1 saturated heterocycles. The summed E-state index contributed by atoms with van der Waals surface area (Å²) in [5.41, 5.74) is 3.23. The van der Waals surface area contributed by atoms with Gasteiger partial charge in [0.25, 0.3) is 0 Å². The molecule has 0 aromatic heterocycles. The lowest BCUT2D eigenvalue weighted by atomic mass is 9.97. The molecule has 1 atom stereocenters. The van der Waals surface area contributed by atoms with E-state index in [9.17, 15) is 5.11 Å². The second-order valence-corrected chi connectivity index (χ2v) is 5.24. The Kier molecular flexibility index (Phi) is 4.80. The zero-order valence-corrected chi connectivity index (χ0v) is 12.1. The molecule has 1 aromatic rings. The molecule has 1 aliphatic heterocycles. The molecular weight excluding hydrogens is 240 g/mol. The van der Waals surface area contributed by atoms with Crippen molar-refractivity contribution in [1.29, 1.82) is 0 Å². The lowest BCUT2D eigenvalue weighted by molar-refractivity contribution is 0.104. The van der Waals surface area contributed by atoms with Gasteiger partial charge in [0.1, 0.15) is 5.75 Å². The molecule has 2 rings (SSSR count). The Bertz CT molecular complexity index is 405. The van der Waals surface area contributed by atoms with Crippen LogP contribution in [0.4, 0.5) is 0 Å². The van der Waals surface area contributed by atoms with Gasteiger partial charge in [0, 0.05) is 32.7 Å². The Morgan fingerprint density at radius 2 is 1.84 bits per heavy atom. The standard InChI is InChI=1S/C15H24N2O2/c1-11-8-13(19-3)9-12(2)15(11)14(18)10-17-6-4-16-5-7-17/h8-9,14,16,18H,4-7,10H2,1-3H3. The first-order valence-electron chi connectivity index (χ1n) is 6.88. The third-order valence-corrected chi connectivity index (χ3v) is 3.78. The molecule has 4 heteroatoms. The van der Waals surface area contributed by atoms with E-state index in [0.717, 1.165) is 48.6 Å². The average molecular weight is 264 g/mol. The molecule has 1 heterocycles. The highest BCUT2D eigenvalue weighted by atomic mass is 16.5. The number of hydrogen-bond donors (Lipinski definition) is 2. The van der Waals surface area contributed by atoms with Crippen molar-refractivity contribution >= 4 is 0 Å². The van der Waals surface area contributed by atoms with Crippen molar-refractivity contribution in [3.8, 4) is 5.75 Å². The summed E-state index contributed by atoms with van der Waals surface area (Å²) in [5, 5.41) is 13.8. The molecular formula is C15H24N2O2. The topological polar surface area (TPSA) is 44.7 Å². The Hall–Kier alpha value is -1.10. The van der Waals surface area contributed by atoms with Crippen molar-refractivity contribution in [3.05, 3.63) is 28.8 Å². The molecule has 0 amide bonds. The van der Waals surface area contributed by atoms with Crippen LogP contribution in [0, 0.1) is 13.8 Å². The normalized spacial score (nSPS) is 18.3. The SMILES string of the molecule is COc1cc(C)c(C(O)CN2CCNCC2)c(C)c1. The van der Waals surface area contributed by atoms with Crippen molar-refractivity contribution in [2.24, 2.45) is 0 Å². The smallest absolute Gasteiger partial charge is 0.119 e. The van der Waals surface area contributed by atoms with Crippen LogP contribution in [0.5, 0.6) is 5.75 Å². The molecule has 2 N–H and O–H groups in total. The van der Waals surface area contributed by atoms with Gasteiger partial charge in [-0.15, -0.1) is 0 Å². The summed E-state index contributed by atoms with van der Waals surface area (Å²) in [5.74, 6) is 0.855. The summed E-state index contributed by atoms with van der Waals surface area (Å²) in [6.07, 6.45) is -0.427. The Labute approximate surface area is 115 Å². The van der Waals surface area contributed by atoms with E-state index in [1.807, 2.05) is 26.0 Å². The molecule has 106 valence electrons. The Morgan fingerprint density at radius 3 is 2.37 bits per heavy atom. The largest absolute Gasteiger partial charge is 0.497 e. The number of rotatable bonds is 4. The predicted octanol–water partition coefficient (Wildman–Crippen LogP) is 1.25. The zero-order chi connectivity index (χ0) is 13.8. The fourth-order valence-electron chi connectivity index (χ4n) is 2.81. The number of aliphatic hydroxyl groups is 1. The minimum atomic E-state index is -0.427. The molecule has 0 saturated carbocycles. The Balaban J connectivity index is 2.11. The van der Waals surface area contributed by atoms with Crippen LogP contribution in [-0.2, 0) is 0 Å². The number of hydrogen-bond acceptors (Lipinski definition) is 4. The number of β-amino-alcohol motifs (C(OH)–C–C–N with tert-alkyl or cyclic N) is 1. The minimum Gasteiger partial charge on any atom is -0.497 e. The number of nitrogens with one attached hydrogen (secondary N) is 1. The van der Waals surface area contributed by atoms with Crippen molar-refractivity contribution in [2.45, 2.75) is 20.0 Å². The lowest BCUT2D eigenvalue weighted by Gasteiger charge is -2.30. The summed E-state index contributed by atoms with van der Waals surface area (Å²) in [6.45, 7) is 8.80. The first kappa shape index (κ1) is 14.3. The van der Waals surface area contributed by atoms with Gasteiger partial charge in [-0.05, 0) is 42.7 Å². The van der Waals surface area contributed by atoms with Gasteiger partial charge in [-0.3, -0.25) is 4.90 Å². The summed E-state index contributed by atoms with van der Waals surface area (Å²) in [6, 6.07) is 3.98. The van der Waals surface area contributed by atoms with Gasteiger partial charge in [-0.2, -0.15) is 0 Å². The van der Waals surface area contributed by atoms with Crippen molar-refractivity contribution in [2.75, 3.05) is 39.8 Å². The maximum atomic E-state index is 10.5. The van der Waals surface area contributed by atoms with E-state index in [0.29, 0.717) is 6.54 Å². The third-order valence-electron chi connectivity index (χ3n) is 3.78. The van der Waals surface area contributed by atoms with Gasteiger partial charge in [0.2, 0.25) is 0 Å². The van der Waals surface area contributed by atoms with Crippen molar-refractivity contribution in [3.63, 3.8) is 0 Å². The summed E-state index contributed by atoms with van der Waals surface area (Å²) >= 11 is 0. The molecule has 19 heavy (non-hydrogen) atoms. The van der Waals surface area contributed by atoms with Crippen molar-refractivity contribution < 1.29 is 9.84 Å². The van der Waals surface area contributed by atoms with Gasteiger partial charge in [0.15, 0.2) is 0 Å². The van der Waals surface area contributed by atoms with Gasteiger partial charge in [0.05, 0.1) is 13.2 Å². The maximum Gasteiger partial charge on any atom is 0.119 e. The van der Waals surface area contributed by atoms with Crippen LogP contribution in [0.2, 0.25) is 0 Å². The molecule has 0 spiro atoms. The molecule has 4 nitrogen and oxygen atoms in total. The van der Waals surface area contributed by atoms with Crippen LogP contribution < -0.4 is 10.1 Å². The lowest BCUT2D eigenvalue weighted by Crippen LogP contribution is -2.45. The molecule has 0 radical (unpaired) electrons. The zero-order valence-electron chi connectivity index (χ0n) is 12.1. The molecule has 0 aliphatic carbocycles. The molecule has 1 fully saturated rings. The number of nitrogens with zero attached hydrogens (tertiary/aromatic N) is 1. The van der Waals surface area contributed by atoms with Crippen LogP contribution >= 0.6 is 0 Å². The number of benzene rings is 1. The van der Waals surface area contributed by atoms with E-state index in [2.05, 4.69) is 10.2 Å². The van der Waals surface area contributed by atoms with E-state index >= 15 is 0 Å². The van der Waals surface area contributed by atoms with Crippen LogP contribution in [0.3, 0.4) is 0 Å². The summed E-state index contributed by atoms with van der Waals surface area (Å²) < 4.78 is 5.26. The number of aliphatic hydroxyl groups excluding tert-OH is 1. The summed E-state index contributed by atoms with van der Waals surface area (Å²) in [4.78, 5) is 2.31. The molecule has 1 aromatic carbocycles. The minimum absolute atomic E-state index is 0.427. The first-order valence-corrected chi connectivity index (χ1v) is 6.88. The highest BCUT2D eigenvalue weighted by Gasteiger charge is 2.19.